The van der Waals surface area contributed by atoms with Crippen molar-refractivity contribution in [2.24, 2.45) is 0 Å². The van der Waals surface area contributed by atoms with Crippen molar-refractivity contribution in [3.63, 3.8) is 0 Å². The van der Waals surface area contributed by atoms with E-state index in [4.69, 9.17) is 27.9 Å². The van der Waals surface area contributed by atoms with Gasteiger partial charge in [0.25, 0.3) is 5.69 Å². The molecule has 3 rings (SSSR count). The third-order valence-corrected chi connectivity index (χ3v) is 4.28. The molecule has 9 heteroatoms. The van der Waals surface area contributed by atoms with Gasteiger partial charge in [-0.15, -0.1) is 0 Å². The smallest absolute Gasteiger partial charge is 0.338 e. The first kappa shape index (κ1) is 18.0. The number of halogens is 2. The molecule has 3 aromatic rings. The van der Waals surface area contributed by atoms with Crippen molar-refractivity contribution in [3.8, 4) is 0 Å². The fraction of sp³-hybridized carbons (Fsp3) is 0.118. The van der Waals surface area contributed by atoms with Crippen molar-refractivity contribution < 1.29 is 19.1 Å². The van der Waals surface area contributed by atoms with Gasteiger partial charge < -0.3 is 9.94 Å². The van der Waals surface area contributed by atoms with Gasteiger partial charge in [0.2, 0.25) is 11.3 Å². The van der Waals surface area contributed by atoms with Crippen molar-refractivity contribution in [1.82, 2.24) is 9.97 Å². The van der Waals surface area contributed by atoms with E-state index in [2.05, 4.69) is 9.97 Å². The molecule has 0 atom stereocenters. The molecule has 0 bridgehead atoms. The lowest BCUT2D eigenvalue weighted by molar-refractivity contribution is -0.580. The number of pyridine rings is 1. The topological polar surface area (TPSA) is 96.1 Å². The van der Waals surface area contributed by atoms with Crippen LogP contribution < -0.4 is 4.73 Å². The number of ether oxygens (including phenoxy) is 1. The molecule has 0 spiro atoms. The summed E-state index contributed by atoms with van der Waals surface area (Å²) in [6, 6.07) is 5.71. The highest BCUT2D eigenvalue weighted by atomic mass is 35.5. The number of carbonyl (C=O) groups excluding carboxylic acids is 2. The summed E-state index contributed by atoms with van der Waals surface area (Å²) < 4.78 is 5.59. The zero-order valence-electron chi connectivity index (χ0n) is 13.4. The van der Waals surface area contributed by atoms with Crippen molar-refractivity contribution in [2.45, 2.75) is 13.5 Å². The fourth-order valence-electron chi connectivity index (χ4n) is 2.37. The number of aromatic nitrogens is 3. The predicted molar refractivity (Wildman–Crippen MR) is 94.1 cm³/mol. The number of Topliss-reactive ketones (excluding diaryl/α,β-unsaturated/α-hetero) is 1. The van der Waals surface area contributed by atoms with Crippen LogP contribution in [0, 0.1) is 5.21 Å². The summed E-state index contributed by atoms with van der Waals surface area (Å²) in [6.07, 6.45) is 2.90. The summed E-state index contributed by atoms with van der Waals surface area (Å²) in [5.41, 5.74) is 0.414. The average molecular weight is 392 g/mol. The molecule has 0 fully saturated rings. The van der Waals surface area contributed by atoms with Gasteiger partial charge in [-0.1, -0.05) is 23.2 Å². The van der Waals surface area contributed by atoms with Crippen LogP contribution >= 0.6 is 23.2 Å². The van der Waals surface area contributed by atoms with E-state index in [1.165, 1.54) is 43.6 Å². The molecule has 0 saturated heterocycles. The van der Waals surface area contributed by atoms with Crippen LogP contribution in [0.15, 0.2) is 36.7 Å². The third kappa shape index (κ3) is 3.44. The number of hydrogen-bond acceptors (Lipinski definition) is 6. The van der Waals surface area contributed by atoms with Gasteiger partial charge in [-0.2, -0.15) is 4.73 Å². The van der Waals surface area contributed by atoms with E-state index in [1.807, 2.05) is 0 Å². The van der Waals surface area contributed by atoms with Crippen molar-refractivity contribution in [3.05, 3.63) is 68.9 Å². The molecule has 0 N–H and O–H groups in total. The number of fused-ring (bicyclic) bond motifs is 1. The zero-order chi connectivity index (χ0) is 18.8. The molecule has 0 aliphatic heterocycles. The monoisotopic (exact) mass is 391 g/mol. The normalized spacial score (nSPS) is 10.7. The molecule has 2 aromatic heterocycles. The Morgan fingerprint density at radius 2 is 1.85 bits per heavy atom. The highest BCUT2D eigenvalue weighted by molar-refractivity contribution is 6.42. The first-order chi connectivity index (χ1) is 12.4. The highest BCUT2D eigenvalue weighted by Gasteiger charge is 2.25. The number of nitrogens with zero attached hydrogens (tertiary/aromatic N) is 3. The minimum Gasteiger partial charge on any atom is -0.618 e. The van der Waals surface area contributed by atoms with Crippen LogP contribution in [0.5, 0.6) is 0 Å². The molecule has 7 nitrogen and oxygen atoms in total. The van der Waals surface area contributed by atoms with Crippen LogP contribution in [-0.2, 0) is 11.3 Å². The summed E-state index contributed by atoms with van der Waals surface area (Å²) in [5, 5.41) is 12.9. The minimum atomic E-state index is -0.629. The van der Waals surface area contributed by atoms with E-state index in [0.717, 1.165) is 0 Å². The number of rotatable bonds is 4. The second kappa shape index (κ2) is 7.23. The van der Waals surface area contributed by atoms with Gasteiger partial charge >= 0.3 is 5.97 Å². The molecule has 132 valence electrons. The van der Waals surface area contributed by atoms with E-state index in [9.17, 15) is 14.8 Å². The Hall–Kier alpha value is -2.77. The largest absolute Gasteiger partial charge is 0.618 e. The van der Waals surface area contributed by atoms with Gasteiger partial charge in [0, 0.05) is 25.4 Å². The molecule has 0 radical (unpaired) electrons. The highest BCUT2D eigenvalue weighted by Crippen LogP contribution is 2.26. The minimum absolute atomic E-state index is 0.0285. The molecule has 0 saturated carbocycles. The molecule has 0 aliphatic rings. The van der Waals surface area contributed by atoms with Crippen molar-refractivity contribution >= 4 is 46.0 Å². The van der Waals surface area contributed by atoms with Crippen LogP contribution in [0.25, 0.3) is 11.0 Å². The van der Waals surface area contributed by atoms with Crippen molar-refractivity contribution in [2.75, 3.05) is 0 Å². The fourth-order valence-corrected chi connectivity index (χ4v) is 2.68. The standard InChI is InChI=1S/C17H11Cl2N3O4/c1-9(23)16-14(8-26-17(24)10-2-4-20-5-3-10)21-13-6-11(18)12(19)7-15(13)22(16)25/h2-7H,8H2,1H3. The number of ketones is 1. The van der Waals surface area contributed by atoms with Crippen LogP contribution in [-0.4, -0.2) is 21.7 Å². The lowest BCUT2D eigenvalue weighted by Crippen LogP contribution is -2.37. The Labute approximate surface area is 157 Å². The molecule has 0 unspecified atom stereocenters. The van der Waals surface area contributed by atoms with E-state index in [1.54, 1.807) is 0 Å². The first-order valence-electron chi connectivity index (χ1n) is 7.37. The first-order valence-corrected chi connectivity index (χ1v) is 8.13. The maximum atomic E-state index is 12.6. The number of esters is 1. The maximum absolute atomic E-state index is 12.6. The molecular formula is C17H11Cl2N3O4. The number of benzene rings is 1. The molecule has 0 aliphatic carbocycles. The summed E-state index contributed by atoms with van der Waals surface area (Å²) in [5.74, 6) is -1.15. The van der Waals surface area contributed by atoms with Gasteiger partial charge in [-0.25, -0.2) is 9.78 Å². The van der Waals surface area contributed by atoms with E-state index < -0.39 is 11.8 Å². The summed E-state index contributed by atoms with van der Waals surface area (Å²) in [6.45, 7) is 0.872. The van der Waals surface area contributed by atoms with Crippen LogP contribution in [0.3, 0.4) is 0 Å². The Morgan fingerprint density at radius 3 is 2.50 bits per heavy atom. The van der Waals surface area contributed by atoms with Gasteiger partial charge in [0.15, 0.2) is 5.69 Å². The lowest BCUT2D eigenvalue weighted by atomic mass is 10.2. The second-order valence-electron chi connectivity index (χ2n) is 5.32. The van der Waals surface area contributed by atoms with Crippen LogP contribution in [0.1, 0.15) is 33.5 Å². The van der Waals surface area contributed by atoms with Gasteiger partial charge in [-0.05, 0) is 18.2 Å². The summed E-state index contributed by atoms with van der Waals surface area (Å²) >= 11 is 11.9. The lowest BCUT2D eigenvalue weighted by Gasteiger charge is -2.11. The Balaban J connectivity index is 2.01. The quantitative estimate of drug-likeness (QED) is 0.293. The molecule has 26 heavy (non-hydrogen) atoms. The van der Waals surface area contributed by atoms with Gasteiger partial charge in [0.05, 0.1) is 15.6 Å². The Kier molecular flexibility index (Phi) is 5.01. The van der Waals surface area contributed by atoms with E-state index >= 15 is 0 Å². The molecule has 0 amide bonds. The number of carbonyl (C=O) groups is 2. The Bertz CT molecular complexity index is 1030. The zero-order valence-corrected chi connectivity index (χ0v) is 14.9. The van der Waals surface area contributed by atoms with Crippen LogP contribution in [0.4, 0.5) is 0 Å². The molecule has 1 aromatic carbocycles. The number of hydrogen-bond donors (Lipinski definition) is 0. The average Bonchev–Trinajstić information content (AvgIpc) is 2.62. The van der Waals surface area contributed by atoms with Gasteiger partial charge in [-0.3, -0.25) is 9.78 Å². The van der Waals surface area contributed by atoms with Crippen molar-refractivity contribution in [1.29, 1.82) is 0 Å². The summed E-state index contributed by atoms with van der Waals surface area (Å²) in [7, 11) is 0. The predicted octanol–water partition coefficient (Wildman–Crippen LogP) is 3.13. The second-order valence-corrected chi connectivity index (χ2v) is 6.14. The van der Waals surface area contributed by atoms with E-state index in [0.29, 0.717) is 4.73 Å². The van der Waals surface area contributed by atoms with Gasteiger partial charge in [0.1, 0.15) is 12.1 Å². The maximum Gasteiger partial charge on any atom is 0.338 e. The third-order valence-electron chi connectivity index (χ3n) is 3.56. The molecule has 2 heterocycles. The summed E-state index contributed by atoms with van der Waals surface area (Å²) in [4.78, 5) is 32.1. The Morgan fingerprint density at radius 1 is 1.19 bits per heavy atom. The SMILES string of the molecule is CC(=O)c1c(COC(=O)c2ccncc2)nc2cc(Cl)c(Cl)cc2[n+]1[O-]. The molecular weight excluding hydrogens is 381 g/mol. The van der Waals surface area contributed by atoms with Crippen LogP contribution in [0.2, 0.25) is 10.0 Å². The van der Waals surface area contributed by atoms with E-state index in [-0.39, 0.29) is 44.6 Å².